The van der Waals surface area contributed by atoms with E-state index in [9.17, 15) is 4.39 Å². The highest BCUT2D eigenvalue weighted by Crippen LogP contribution is 2.33. The van der Waals surface area contributed by atoms with Crippen LogP contribution in [0.2, 0.25) is 5.02 Å². The lowest BCUT2D eigenvalue weighted by Crippen LogP contribution is -2.58. The van der Waals surface area contributed by atoms with Crippen molar-refractivity contribution in [2.24, 2.45) is 0 Å². The fourth-order valence-electron chi connectivity index (χ4n) is 2.70. The maximum absolute atomic E-state index is 13.3. The summed E-state index contributed by atoms with van der Waals surface area (Å²) >= 11 is 5.94. The van der Waals surface area contributed by atoms with Gasteiger partial charge in [0.15, 0.2) is 0 Å². The Morgan fingerprint density at radius 1 is 1.11 bits per heavy atom. The van der Waals surface area contributed by atoms with Gasteiger partial charge in [0.05, 0.1) is 0 Å². The topological polar surface area (TPSA) is 12.0 Å². The third kappa shape index (κ3) is 2.51. The van der Waals surface area contributed by atoms with Crippen molar-refractivity contribution in [2.45, 2.75) is 11.8 Å². The SMILES string of the molecule is Fc1cccc(CC2(c3ccc(Cl)cc3)CNC2)c1. The van der Waals surface area contributed by atoms with E-state index >= 15 is 0 Å². The summed E-state index contributed by atoms with van der Waals surface area (Å²) in [5.74, 6) is -0.170. The molecule has 0 bridgehead atoms. The first-order valence-electron chi connectivity index (χ1n) is 6.39. The predicted molar refractivity (Wildman–Crippen MR) is 76.1 cm³/mol. The molecular formula is C16H15ClFN. The predicted octanol–water partition coefficient (Wildman–Crippen LogP) is 3.56. The van der Waals surface area contributed by atoms with E-state index in [4.69, 9.17) is 11.6 Å². The third-order valence-electron chi connectivity index (χ3n) is 3.81. The van der Waals surface area contributed by atoms with Gasteiger partial charge in [0.2, 0.25) is 0 Å². The Morgan fingerprint density at radius 2 is 1.84 bits per heavy atom. The Hall–Kier alpha value is -1.38. The number of halogens is 2. The molecule has 0 aliphatic carbocycles. The Morgan fingerprint density at radius 3 is 2.42 bits per heavy atom. The monoisotopic (exact) mass is 275 g/mol. The Bertz CT molecular complexity index is 576. The van der Waals surface area contributed by atoms with Gasteiger partial charge < -0.3 is 5.32 Å². The lowest BCUT2D eigenvalue weighted by atomic mass is 9.71. The number of hydrogen-bond acceptors (Lipinski definition) is 1. The van der Waals surface area contributed by atoms with E-state index in [0.29, 0.717) is 0 Å². The van der Waals surface area contributed by atoms with E-state index < -0.39 is 0 Å². The Labute approximate surface area is 117 Å². The van der Waals surface area contributed by atoms with Crippen molar-refractivity contribution < 1.29 is 4.39 Å². The minimum Gasteiger partial charge on any atom is -0.315 e. The molecule has 1 aliphatic heterocycles. The van der Waals surface area contributed by atoms with Crippen LogP contribution >= 0.6 is 11.6 Å². The van der Waals surface area contributed by atoms with Crippen molar-refractivity contribution in [3.63, 3.8) is 0 Å². The molecule has 1 heterocycles. The first kappa shape index (κ1) is 12.6. The van der Waals surface area contributed by atoms with Crippen molar-refractivity contribution in [2.75, 3.05) is 13.1 Å². The van der Waals surface area contributed by atoms with Crippen LogP contribution in [0.15, 0.2) is 48.5 Å². The molecule has 0 atom stereocenters. The molecule has 0 radical (unpaired) electrons. The average molecular weight is 276 g/mol. The zero-order valence-electron chi connectivity index (χ0n) is 10.5. The smallest absolute Gasteiger partial charge is 0.123 e. The molecule has 0 amide bonds. The minimum atomic E-state index is -0.170. The molecular weight excluding hydrogens is 261 g/mol. The first-order valence-corrected chi connectivity index (χ1v) is 6.77. The van der Waals surface area contributed by atoms with Crippen LogP contribution in [0.4, 0.5) is 4.39 Å². The maximum atomic E-state index is 13.3. The lowest BCUT2D eigenvalue weighted by molar-refractivity contribution is 0.274. The van der Waals surface area contributed by atoms with E-state index in [-0.39, 0.29) is 11.2 Å². The van der Waals surface area contributed by atoms with Crippen LogP contribution in [-0.2, 0) is 11.8 Å². The van der Waals surface area contributed by atoms with Gasteiger partial charge in [-0.05, 0) is 41.8 Å². The molecule has 1 fully saturated rings. The zero-order chi connectivity index (χ0) is 13.3. The van der Waals surface area contributed by atoms with Gasteiger partial charge in [-0.2, -0.15) is 0 Å². The molecule has 2 aromatic carbocycles. The van der Waals surface area contributed by atoms with Gasteiger partial charge in [-0.1, -0.05) is 35.9 Å². The lowest BCUT2D eigenvalue weighted by Gasteiger charge is -2.43. The fraction of sp³-hybridized carbons (Fsp3) is 0.250. The number of rotatable bonds is 3. The second-order valence-corrected chi connectivity index (χ2v) is 5.63. The molecule has 3 heteroatoms. The molecule has 1 N–H and O–H groups in total. The third-order valence-corrected chi connectivity index (χ3v) is 4.07. The second kappa shape index (κ2) is 4.95. The van der Waals surface area contributed by atoms with Crippen LogP contribution in [0, 0.1) is 5.82 Å². The summed E-state index contributed by atoms with van der Waals surface area (Å²) < 4.78 is 13.3. The largest absolute Gasteiger partial charge is 0.315 e. The first-order chi connectivity index (χ1) is 9.18. The summed E-state index contributed by atoms with van der Waals surface area (Å²) in [6.45, 7) is 1.84. The molecule has 2 aromatic rings. The van der Waals surface area contributed by atoms with Crippen LogP contribution in [0.1, 0.15) is 11.1 Å². The van der Waals surface area contributed by atoms with Crippen LogP contribution < -0.4 is 5.32 Å². The van der Waals surface area contributed by atoms with Crippen molar-refractivity contribution in [1.82, 2.24) is 5.32 Å². The van der Waals surface area contributed by atoms with Gasteiger partial charge in [0, 0.05) is 23.5 Å². The molecule has 98 valence electrons. The van der Waals surface area contributed by atoms with E-state index in [2.05, 4.69) is 17.4 Å². The Kier molecular flexibility index (Phi) is 3.29. The summed E-state index contributed by atoms with van der Waals surface area (Å²) in [5.41, 5.74) is 2.37. The maximum Gasteiger partial charge on any atom is 0.123 e. The van der Waals surface area contributed by atoms with Crippen molar-refractivity contribution >= 4 is 11.6 Å². The average Bonchev–Trinajstić information content (AvgIpc) is 2.35. The summed E-state index contributed by atoms with van der Waals surface area (Å²) in [6, 6.07) is 14.8. The van der Waals surface area contributed by atoms with Crippen LogP contribution in [0.25, 0.3) is 0 Å². The van der Waals surface area contributed by atoms with Gasteiger partial charge >= 0.3 is 0 Å². The molecule has 0 saturated carbocycles. The summed E-state index contributed by atoms with van der Waals surface area (Å²) in [7, 11) is 0. The highest BCUT2D eigenvalue weighted by Gasteiger charge is 2.38. The van der Waals surface area contributed by atoms with Crippen molar-refractivity contribution in [1.29, 1.82) is 0 Å². The van der Waals surface area contributed by atoms with E-state index in [1.54, 1.807) is 12.1 Å². The summed E-state index contributed by atoms with van der Waals surface area (Å²) in [6.07, 6.45) is 0.847. The standard InChI is InChI=1S/C16H15ClFN/c17-14-6-4-13(5-7-14)16(10-19-11-16)9-12-2-1-3-15(18)8-12/h1-8,19H,9-11H2. The fourth-order valence-corrected chi connectivity index (χ4v) is 2.83. The molecule has 0 aromatic heterocycles. The van der Waals surface area contributed by atoms with Crippen LogP contribution in [0.3, 0.4) is 0 Å². The van der Waals surface area contributed by atoms with Gasteiger partial charge in [0.1, 0.15) is 5.82 Å². The molecule has 0 spiro atoms. The molecule has 1 saturated heterocycles. The summed E-state index contributed by atoms with van der Waals surface area (Å²) in [4.78, 5) is 0. The zero-order valence-corrected chi connectivity index (χ0v) is 11.3. The number of hydrogen-bond donors (Lipinski definition) is 1. The quantitative estimate of drug-likeness (QED) is 0.903. The van der Waals surface area contributed by atoms with Gasteiger partial charge in [-0.3, -0.25) is 0 Å². The van der Waals surface area contributed by atoms with Crippen molar-refractivity contribution in [3.05, 3.63) is 70.5 Å². The second-order valence-electron chi connectivity index (χ2n) is 5.20. The van der Waals surface area contributed by atoms with E-state index in [1.165, 1.54) is 11.6 Å². The molecule has 19 heavy (non-hydrogen) atoms. The van der Waals surface area contributed by atoms with Gasteiger partial charge in [-0.25, -0.2) is 4.39 Å². The summed E-state index contributed by atoms with van der Waals surface area (Å²) in [5, 5.41) is 4.07. The van der Waals surface area contributed by atoms with Gasteiger partial charge in [0.25, 0.3) is 0 Å². The highest BCUT2D eigenvalue weighted by molar-refractivity contribution is 6.30. The normalized spacial score (nSPS) is 16.9. The van der Waals surface area contributed by atoms with Crippen molar-refractivity contribution in [3.8, 4) is 0 Å². The van der Waals surface area contributed by atoms with E-state index in [0.717, 1.165) is 30.1 Å². The Balaban J connectivity index is 1.89. The molecule has 1 aliphatic rings. The molecule has 0 unspecified atom stereocenters. The van der Waals surface area contributed by atoms with Crippen LogP contribution in [0.5, 0.6) is 0 Å². The van der Waals surface area contributed by atoms with Gasteiger partial charge in [-0.15, -0.1) is 0 Å². The number of nitrogens with one attached hydrogen (secondary N) is 1. The van der Waals surface area contributed by atoms with E-state index in [1.807, 2.05) is 18.2 Å². The molecule has 1 nitrogen and oxygen atoms in total. The number of benzene rings is 2. The highest BCUT2D eigenvalue weighted by atomic mass is 35.5. The molecule has 3 rings (SSSR count). The van der Waals surface area contributed by atoms with Crippen LogP contribution in [-0.4, -0.2) is 13.1 Å². The minimum absolute atomic E-state index is 0.0678.